The lowest BCUT2D eigenvalue weighted by atomic mass is 10.1. The van der Waals surface area contributed by atoms with Crippen LogP contribution >= 0.6 is 0 Å². The van der Waals surface area contributed by atoms with Crippen LogP contribution in [0.1, 0.15) is 16.7 Å². The van der Waals surface area contributed by atoms with Crippen molar-refractivity contribution < 1.29 is 23.7 Å². The average Bonchev–Trinajstić information content (AvgIpc) is 2.62. The van der Waals surface area contributed by atoms with Gasteiger partial charge in [-0.25, -0.2) is 0 Å². The number of carbonyl (C=O) groups excluding carboxylic acids is 1. The number of rotatable bonds is 8. The molecule has 6 heteroatoms. The fourth-order valence-electron chi connectivity index (χ4n) is 2.65. The first-order chi connectivity index (χ1) is 12.5. The molecule has 26 heavy (non-hydrogen) atoms. The third-order valence-corrected chi connectivity index (χ3v) is 3.78. The lowest BCUT2D eigenvalue weighted by Gasteiger charge is -2.14. The quantitative estimate of drug-likeness (QED) is 0.785. The van der Waals surface area contributed by atoms with Crippen LogP contribution in [-0.2, 0) is 11.3 Å². The Bertz CT molecular complexity index is 728. The van der Waals surface area contributed by atoms with E-state index in [4.69, 9.17) is 18.9 Å². The number of hydrogen-bond donors (Lipinski definition) is 1. The van der Waals surface area contributed by atoms with E-state index in [0.29, 0.717) is 29.5 Å². The van der Waals surface area contributed by atoms with Gasteiger partial charge in [0.15, 0.2) is 18.1 Å². The predicted octanol–water partition coefficient (Wildman–Crippen LogP) is 3.02. The number of nitrogens with one attached hydrogen (secondary N) is 1. The third-order valence-electron chi connectivity index (χ3n) is 3.78. The molecule has 6 nitrogen and oxygen atoms in total. The van der Waals surface area contributed by atoms with Crippen LogP contribution in [0.2, 0.25) is 0 Å². The Morgan fingerprint density at radius 2 is 1.46 bits per heavy atom. The minimum absolute atomic E-state index is 0.0483. The first-order valence-corrected chi connectivity index (χ1v) is 8.23. The van der Waals surface area contributed by atoms with Crippen LogP contribution in [0.4, 0.5) is 0 Å². The Kier molecular flexibility index (Phi) is 6.72. The van der Waals surface area contributed by atoms with Crippen molar-refractivity contribution in [2.24, 2.45) is 0 Å². The SMILES string of the molecule is COc1cc(CNC(=O)COc2cc(C)cc(C)c2)cc(OC)c1OC. The molecule has 0 saturated heterocycles. The molecule has 0 saturated carbocycles. The molecule has 1 N–H and O–H groups in total. The second-order valence-corrected chi connectivity index (χ2v) is 5.92. The smallest absolute Gasteiger partial charge is 0.258 e. The highest BCUT2D eigenvalue weighted by Crippen LogP contribution is 2.38. The van der Waals surface area contributed by atoms with Crippen LogP contribution in [0.3, 0.4) is 0 Å². The van der Waals surface area contributed by atoms with Crippen molar-refractivity contribution >= 4 is 5.91 Å². The van der Waals surface area contributed by atoms with Gasteiger partial charge in [0.25, 0.3) is 5.91 Å². The van der Waals surface area contributed by atoms with Crippen LogP contribution < -0.4 is 24.3 Å². The van der Waals surface area contributed by atoms with E-state index in [0.717, 1.165) is 16.7 Å². The highest BCUT2D eigenvalue weighted by Gasteiger charge is 2.13. The second-order valence-electron chi connectivity index (χ2n) is 5.92. The van der Waals surface area contributed by atoms with Gasteiger partial charge in [-0.15, -0.1) is 0 Å². The summed E-state index contributed by atoms with van der Waals surface area (Å²) in [6.07, 6.45) is 0. The molecule has 0 bridgehead atoms. The molecule has 0 aliphatic rings. The molecule has 0 radical (unpaired) electrons. The predicted molar refractivity (Wildman–Crippen MR) is 99.4 cm³/mol. The average molecular weight is 359 g/mol. The van der Waals surface area contributed by atoms with Crippen molar-refractivity contribution in [2.45, 2.75) is 20.4 Å². The standard InChI is InChI=1S/C20H25NO5/c1-13-6-14(2)8-16(7-13)26-12-19(22)21-11-15-9-17(23-3)20(25-5)18(10-15)24-4/h6-10H,11-12H2,1-5H3,(H,21,22). The molecule has 140 valence electrons. The highest BCUT2D eigenvalue weighted by molar-refractivity contribution is 5.77. The summed E-state index contributed by atoms with van der Waals surface area (Å²) < 4.78 is 21.5. The summed E-state index contributed by atoms with van der Waals surface area (Å²) in [4.78, 5) is 12.1. The van der Waals surface area contributed by atoms with Gasteiger partial charge < -0.3 is 24.3 Å². The van der Waals surface area contributed by atoms with Crippen molar-refractivity contribution in [3.8, 4) is 23.0 Å². The van der Waals surface area contributed by atoms with Gasteiger partial charge in [-0.2, -0.15) is 0 Å². The van der Waals surface area contributed by atoms with Gasteiger partial charge in [-0.1, -0.05) is 6.07 Å². The van der Waals surface area contributed by atoms with Crippen molar-refractivity contribution in [3.63, 3.8) is 0 Å². The first-order valence-electron chi connectivity index (χ1n) is 8.23. The molecule has 0 heterocycles. The lowest BCUT2D eigenvalue weighted by Crippen LogP contribution is -2.28. The van der Waals surface area contributed by atoms with Crippen LogP contribution in [0, 0.1) is 13.8 Å². The largest absolute Gasteiger partial charge is 0.493 e. The Morgan fingerprint density at radius 3 is 1.96 bits per heavy atom. The first kappa shape index (κ1) is 19.4. The molecule has 2 aromatic rings. The minimum atomic E-state index is -0.210. The van der Waals surface area contributed by atoms with E-state index in [1.54, 1.807) is 33.5 Å². The molecule has 2 rings (SSSR count). The number of benzene rings is 2. The molecule has 0 unspecified atom stereocenters. The summed E-state index contributed by atoms with van der Waals surface area (Å²) >= 11 is 0. The normalized spacial score (nSPS) is 10.2. The zero-order chi connectivity index (χ0) is 19.1. The summed E-state index contributed by atoms with van der Waals surface area (Å²) in [5.41, 5.74) is 3.02. The van der Waals surface area contributed by atoms with Gasteiger partial charge in [0, 0.05) is 6.54 Å². The van der Waals surface area contributed by atoms with Crippen molar-refractivity contribution in [3.05, 3.63) is 47.0 Å². The van der Waals surface area contributed by atoms with Crippen molar-refractivity contribution in [1.29, 1.82) is 0 Å². The van der Waals surface area contributed by atoms with Crippen LogP contribution in [-0.4, -0.2) is 33.8 Å². The maximum Gasteiger partial charge on any atom is 0.258 e. The summed E-state index contributed by atoms with van der Waals surface area (Å²) in [5, 5.41) is 2.82. The van der Waals surface area contributed by atoms with E-state index in [1.165, 1.54) is 0 Å². The van der Waals surface area contributed by atoms with Gasteiger partial charge >= 0.3 is 0 Å². The Labute approximate surface area is 154 Å². The van der Waals surface area contributed by atoms with E-state index in [-0.39, 0.29) is 12.5 Å². The van der Waals surface area contributed by atoms with Gasteiger partial charge in [-0.05, 0) is 54.8 Å². The molecular weight excluding hydrogens is 334 g/mol. The third kappa shape index (κ3) is 5.05. The summed E-state index contributed by atoms with van der Waals surface area (Å²) in [5.74, 6) is 2.08. The zero-order valence-corrected chi connectivity index (χ0v) is 15.8. The molecule has 1 amide bonds. The number of carbonyl (C=O) groups is 1. The molecule has 0 atom stereocenters. The maximum absolute atomic E-state index is 12.1. The summed E-state index contributed by atoms with van der Waals surface area (Å²) in [7, 11) is 4.65. The van der Waals surface area contributed by atoms with Gasteiger partial charge in [0.1, 0.15) is 5.75 Å². The van der Waals surface area contributed by atoms with Crippen LogP contribution in [0.15, 0.2) is 30.3 Å². The molecule has 0 aliphatic carbocycles. The molecule has 0 aromatic heterocycles. The van der Waals surface area contributed by atoms with E-state index in [9.17, 15) is 4.79 Å². The Balaban J connectivity index is 1.96. The molecular formula is C20H25NO5. The fraction of sp³-hybridized carbons (Fsp3) is 0.350. The number of amides is 1. The monoisotopic (exact) mass is 359 g/mol. The maximum atomic E-state index is 12.1. The summed E-state index contributed by atoms with van der Waals surface area (Å²) in [6.45, 7) is 4.26. The summed E-state index contributed by atoms with van der Waals surface area (Å²) in [6, 6.07) is 9.45. The highest BCUT2D eigenvalue weighted by atomic mass is 16.5. The van der Waals surface area contributed by atoms with E-state index >= 15 is 0 Å². The zero-order valence-electron chi connectivity index (χ0n) is 15.8. The number of aryl methyl sites for hydroxylation is 2. The van der Waals surface area contributed by atoms with Crippen molar-refractivity contribution in [2.75, 3.05) is 27.9 Å². The number of hydrogen-bond acceptors (Lipinski definition) is 5. The molecule has 2 aromatic carbocycles. The van der Waals surface area contributed by atoms with Crippen molar-refractivity contribution in [1.82, 2.24) is 5.32 Å². The number of ether oxygens (including phenoxy) is 4. The van der Waals surface area contributed by atoms with E-state index in [2.05, 4.69) is 11.4 Å². The Morgan fingerprint density at radius 1 is 0.885 bits per heavy atom. The van der Waals surface area contributed by atoms with E-state index < -0.39 is 0 Å². The number of methoxy groups -OCH3 is 3. The van der Waals surface area contributed by atoms with Crippen LogP contribution in [0.5, 0.6) is 23.0 Å². The fourth-order valence-corrected chi connectivity index (χ4v) is 2.65. The second kappa shape index (κ2) is 8.99. The Hall–Kier alpha value is -2.89. The minimum Gasteiger partial charge on any atom is -0.493 e. The lowest BCUT2D eigenvalue weighted by molar-refractivity contribution is -0.123. The van der Waals surface area contributed by atoms with Gasteiger partial charge in [-0.3, -0.25) is 4.79 Å². The molecule has 0 spiro atoms. The van der Waals surface area contributed by atoms with Gasteiger partial charge in [0.05, 0.1) is 21.3 Å². The topological polar surface area (TPSA) is 66.0 Å². The molecule has 0 fully saturated rings. The molecule has 0 aliphatic heterocycles. The van der Waals surface area contributed by atoms with Gasteiger partial charge in [0.2, 0.25) is 5.75 Å². The van der Waals surface area contributed by atoms with E-state index in [1.807, 2.05) is 26.0 Å². The van der Waals surface area contributed by atoms with Crippen LogP contribution in [0.25, 0.3) is 0 Å².